The summed E-state index contributed by atoms with van der Waals surface area (Å²) in [7, 11) is 2.12. The van der Waals surface area contributed by atoms with Crippen LogP contribution in [0.3, 0.4) is 0 Å². The highest BCUT2D eigenvalue weighted by molar-refractivity contribution is 7.99. The number of aromatic nitrogens is 2. The van der Waals surface area contributed by atoms with Crippen molar-refractivity contribution in [1.29, 1.82) is 0 Å². The van der Waals surface area contributed by atoms with Crippen molar-refractivity contribution in [2.24, 2.45) is 0 Å². The van der Waals surface area contributed by atoms with Crippen molar-refractivity contribution >= 4 is 45.1 Å². The van der Waals surface area contributed by atoms with Gasteiger partial charge in [0, 0.05) is 23.7 Å². The van der Waals surface area contributed by atoms with Crippen LogP contribution in [-0.2, 0) is 0 Å². The van der Waals surface area contributed by atoms with Crippen LogP contribution in [0.5, 0.6) is 0 Å². The van der Waals surface area contributed by atoms with Crippen LogP contribution in [0, 0.1) is 6.92 Å². The molecule has 0 saturated carbocycles. The molecular weight excluding hydrogens is 264 g/mol. The first-order valence-corrected chi connectivity index (χ1v) is 7.96. The Labute approximate surface area is 115 Å². The van der Waals surface area contributed by atoms with E-state index in [1.54, 1.807) is 11.3 Å². The fourth-order valence-electron chi connectivity index (χ4n) is 2.31. The molecule has 1 saturated heterocycles. The molecule has 6 heteroatoms. The lowest BCUT2D eigenvalue weighted by Gasteiger charge is -2.25. The van der Waals surface area contributed by atoms with Gasteiger partial charge in [-0.2, -0.15) is 16.7 Å². The highest BCUT2D eigenvalue weighted by atomic mass is 32.2. The number of fused-ring (bicyclic) bond motifs is 1. The molecule has 4 nitrogen and oxygen atoms in total. The Hall–Kier alpha value is -1.01. The molecule has 1 atom stereocenters. The van der Waals surface area contributed by atoms with Crippen molar-refractivity contribution in [3.8, 4) is 0 Å². The van der Waals surface area contributed by atoms with Gasteiger partial charge in [0.2, 0.25) is 5.95 Å². The van der Waals surface area contributed by atoms with E-state index in [1.807, 2.05) is 11.8 Å². The molecule has 0 aliphatic carbocycles. The largest absolute Gasteiger partial charge is 0.368 e. The van der Waals surface area contributed by atoms with Gasteiger partial charge >= 0.3 is 0 Å². The molecule has 0 amide bonds. The Balaban J connectivity index is 2.08. The van der Waals surface area contributed by atoms with Gasteiger partial charge in [-0.3, -0.25) is 0 Å². The van der Waals surface area contributed by atoms with Gasteiger partial charge in [0.05, 0.1) is 5.39 Å². The molecule has 1 aliphatic heterocycles. The lowest BCUT2D eigenvalue weighted by Crippen LogP contribution is -2.32. The molecule has 96 valence electrons. The molecule has 1 fully saturated rings. The van der Waals surface area contributed by atoms with Gasteiger partial charge in [-0.25, -0.2) is 4.98 Å². The second-order valence-corrected chi connectivity index (χ2v) is 6.99. The second kappa shape index (κ2) is 4.59. The Bertz CT molecular complexity index is 575. The third kappa shape index (κ3) is 2.03. The summed E-state index contributed by atoms with van der Waals surface area (Å²) in [6.07, 6.45) is 1.22. The number of hydrogen-bond acceptors (Lipinski definition) is 6. The lowest BCUT2D eigenvalue weighted by atomic mass is 10.2. The van der Waals surface area contributed by atoms with Crippen LogP contribution in [0.1, 0.15) is 11.3 Å². The van der Waals surface area contributed by atoms with Gasteiger partial charge < -0.3 is 10.6 Å². The van der Waals surface area contributed by atoms with E-state index < -0.39 is 0 Å². The van der Waals surface area contributed by atoms with Crippen molar-refractivity contribution in [1.82, 2.24) is 9.97 Å². The third-order valence-electron chi connectivity index (χ3n) is 3.30. The second-order valence-electron chi connectivity index (χ2n) is 4.61. The normalized spacial score (nSPS) is 19.6. The molecule has 2 aromatic heterocycles. The Morgan fingerprint density at radius 3 is 3.00 bits per heavy atom. The van der Waals surface area contributed by atoms with Crippen LogP contribution >= 0.6 is 23.1 Å². The quantitative estimate of drug-likeness (QED) is 0.916. The zero-order valence-corrected chi connectivity index (χ0v) is 12.1. The van der Waals surface area contributed by atoms with E-state index >= 15 is 0 Å². The van der Waals surface area contributed by atoms with Gasteiger partial charge in [-0.1, -0.05) is 0 Å². The van der Waals surface area contributed by atoms with E-state index in [0.29, 0.717) is 12.0 Å². The average Bonchev–Trinajstić information content (AvgIpc) is 2.94. The number of nitrogen functional groups attached to an aromatic ring is 1. The van der Waals surface area contributed by atoms with Crippen LogP contribution in [-0.4, -0.2) is 34.6 Å². The SMILES string of the molecule is Cc1cc2c(N(C)C3CCSC3)nc(N)nc2s1. The average molecular weight is 280 g/mol. The van der Waals surface area contributed by atoms with Crippen LogP contribution in [0.25, 0.3) is 10.2 Å². The van der Waals surface area contributed by atoms with E-state index in [2.05, 4.69) is 34.9 Å². The van der Waals surface area contributed by atoms with E-state index in [0.717, 1.165) is 16.0 Å². The molecule has 1 aliphatic rings. The zero-order chi connectivity index (χ0) is 12.7. The summed E-state index contributed by atoms with van der Waals surface area (Å²) in [5, 5.41) is 1.13. The molecule has 0 radical (unpaired) electrons. The van der Waals surface area contributed by atoms with Crippen molar-refractivity contribution in [3.05, 3.63) is 10.9 Å². The van der Waals surface area contributed by atoms with E-state index in [9.17, 15) is 0 Å². The lowest BCUT2D eigenvalue weighted by molar-refractivity contribution is 0.694. The van der Waals surface area contributed by atoms with Crippen molar-refractivity contribution in [2.75, 3.05) is 29.2 Å². The minimum atomic E-state index is 0.372. The standard InChI is InChI=1S/C12H16N4S2/c1-7-5-9-10(14-12(13)15-11(9)18-7)16(2)8-3-4-17-6-8/h5,8H,3-4,6H2,1-2H3,(H2,13,14,15). The Morgan fingerprint density at radius 2 is 2.28 bits per heavy atom. The number of thiophene rings is 1. The summed E-state index contributed by atoms with van der Waals surface area (Å²) in [4.78, 5) is 13.3. The maximum Gasteiger partial charge on any atom is 0.223 e. The Kier molecular flexibility index (Phi) is 3.07. The predicted molar refractivity (Wildman–Crippen MR) is 80.7 cm³/mol. The summed E-state index contributed by atoms with van der Waals surface area (Å²) in [5.41, 5.74) is 5.82. The van der Waals surface area contributed by atoms with Crippen molar-refractivity contribution < 1.29 is 0 Å². The Morgan fingerprint density at radius 1 is 1.44 bits per heavy atom. The minimum Gasteiger partial charge on any atom is -0.368 e. The molecule has 1 unspecified atom stereocenters. The first kappa shape index (κ1) is 12.0. The molecule has 2 N–H and O–H groups in total. The number of nitrogens with two attached hydrogens (primary N) is 1. The van der Waals surface area contributed by atoms with E-state index in [1.165, 1.54) is 22.8 Å². The fraction of sp³-hybridized carbons (Fsp3) is 0.500. The van der Waals surface area contributed by atoms with Gasteiger partial charge in [0.25, 0.3) is 0 Å². The highest BCUT2D eigenvalue weighted by Gasteiger charge is 2.23. The number of nitrogens with zero attached hydrogens (tertiary/aromatic N) is 3. The summed E-state index contributed by atoms with van der Waals surface area (Å²) < 4.78 is 0. The maximum absolute atomic E-state index is 5.82. The van der Waals surface area contributed by atoms with Gasteiger partial charge in [0.1, 0.15) is 10.6 Å². The predicted octanol–water partition coefficient (Wildman–Crippen LogP) is 2.52. The van der Waals surface area contributed by atoms with Crippen molar-refractivity contribution in [3.63, 3.8) is 0 Å². The summed E-state index contributed by atoms with van der Waals surface area (Å²) >= 11 is 3.68. The van der Waals surface area contributed by atoms with Crippen LogP contribution in [0.15, 0.2) is 6.07 Å². The van der Waals surface area contributed by atoms with Crippen molar-refractivity contribution in [2.45, 2.75) is 19.4 Å². The monoisotopic (exact) mass is 280 g/mol. The number of thioether (sulfide) groups is 1. The number of hydrogen-bond donors (Lipinski definition) is 1. The molecule has 3 heterocycles. The maximum atomic E-state index is 5.82. The smallest absolute Gasteiger partial charge is 0.223 e. The highest BCUT2D eigenvalue weighted by Crippen LogP contribution is 2.33. The first-order chi connectivity index (χ1) is 8.65. The third-order valence-corrected chi connectivity index (χ3v) is 5.39. The van der Waals surface area contributed by atoms with Gasteiger partial charge in [-0.15, -0.1) is 11.3 Å². The van der Waals surface area contributed by atoms with Crippen LogP contribution in [0.4, 0.5) is 11.8 Å². The molecule has 2 aromatic rings. The van der Waals surface area contributed by atoms with Gasteiger partial charge in [0.15, 0.2) is 0 Å². The molecule has 0 bridgehead atoms. The summed E-state index contributed by atoms with van der Waals surface area (Å²) in [6.45, 7) is 2.09. The minimum absolute atomic E-state index is 0.372. The number of aryl methyl sites for hydroxylation is 1. The topological polar surface area (TPSA) is 55.0 Å². The summed E-state index contributed by atoms with van der Waals surface area (Å²) in [5.74, 6) is 3.76. The van der Waals surface area contributed by atoms with Crippen LogP contribution < -0.4 is 10.6 Å². The van der Waals surface area contributed by atoms with E-state index in [-0.39, 0.29) is 0 Å². The molecule has 0 aromatic carbocycles. The first-order valence-electron chi connectivity index (χ1n) is 5.99. The molecule has 3 rings (SSSR count). The fourth-order valence-corrected chi connectivity index (χ4v) is 4.46. The summed E-state index contributed by atoms with van der Waals surface area (Å²) in [6, 6.07) is 2.72. The molecule has 0 spiro atoms. The van der Waals surface area contributed by atoms with Crippen LogP contribution in [0.2, 0.25) is 0 Å². The number of anilines is 2. The molecule has 18 heavy (non-hydrogen) atoms. The van der Waals surface area contributed by atoms with E-state index in [4.69, 9.17) is 5.73 Å². The van der Waals surface area contributed by atoms with Gasteiger partial charge in [-0.05, 0) is 25.2 Å². The molecular formula is C12H16N4S2. The number of rotatable bonds is 2. The zero-order valence-electron chi connectivity index (χ0n) is 10.5.